The molecule has 9 nitrogen and oxygen atoms in total. The average molecular weight is 1040 g/mol. The monoisotopic (exact) mass is 1040 g/mol. The van der Waals surface area contributed by atoms with Crippen molar-refractivity contribution in [2.45, 2.75) is 315 Å². The highest BCUT2D eigenvalue weighted by Gasteiger charge is 2.22. The van der Waals surface area contributed by atoms with Gasteiger partial charge in [0.15, 0.2) is 6.10 Å². The van der Waals surface area contributed by atoms with Gasteiger partial charge in [0, 0.05) is 12.8 Å². The molecule has 0 saturated carbocycles. The van der Waals surface area contributed by atoms with Crippen LogP contribution >= 0.6 is 7.82 Å². The van der Waals surface area contributed by atoms with Gasteiger partial charge in [-0.3, -0.25) is 14.2 Å². The molecule has 2 unspecified atom stereocenters. The number of ether oxygens (including phenoxy) is 2. The van der Waals surface area contributed by atoms with Crippen molar-refractivity contribution >= 4 is 19.8 Å². The van der Waals surface area contributed by atoms with E-state index in [1.54, 1.807) is 0 Å². The predicted octanol–water partition coefficient (Wildman–Crippen LogP) is 18.7. The molecule has 0 bridgehead atoms. The van der Waals surface area contributed by atoms with E-state index in [4.69, 9.17) is 18.5 Å². The highest BCUT2D eigenvalue weighted by atomic mass is 31.2. The minimum atomic E-state index is -4.64. The van der Waals surface area contributed by atoms with Crippen LogP contribution in [0.3, 0.4) is 0 Å². The second-order valence-corrected chi connectivity index (χ2v) is 23.8. The third-order valence-electron chi connectivity index (χ3n) is 14.0. The molecule has 0 saturated heterocycles. The maximum absolute atomic E-state index is 12.8. The SMILES string of the molecule is CCCCCC/C=C\C/C=C\CCCCCCCC(=O)OC(COC(=O)CCCCCCCCCCCCCCCCCCCCCCCCCCCCCCCCCC)COP(=O)([O-])OCC[N+](C)(C)C. The number of quaternary nitrogens is 1. The fourth-order valence-electron chi connectivity index (χ4n) is 9.16. The van der Waals surface area contributed by atoms with Crippen molar-refractivity contribution in [3.63, 3.8) is 0 Å². The average Bonchev–Trinajstić information content (AvgIpc) is 3.34. The van der Waals surface area contributed by atoms with E-state index in [1.165, 1.54) is 218 Å². The Balaban J connectivity index is 3.98. The van der Waals surface area contributed by atoms with E-state index in [2.05, 4.69) is 38.2 Å². The molecule has 0 aromatic rings. The summed E-state index contributed by atoms with van der Waals surface area (Å²) in [6.45, 7) is 4.25. The maximum atomic E-state index is 12.8. The minimum Gasteiger partial charge on any atom is -0.756 e. The number of unbranched alkanes of at least 4 members (excludes halogenated alkanes) is 40. The number of hydrogen-bond donors (Lipinski definition) is 0. The summed E-state index contributed by atoms with van der Waals surface area (Å²) in [7, 11) is 1.17. The van der Waals surface area contributed by atoms with Crippen LogP contribution in [-0.2, 0) is 32.7 Å². The number of hydrogen-bond acceptors (Lipinski definition) is 8. The first kappa shape index (κ1) is 70.5. The molecule has 0 fully saturated rings. The first-order valence-electron chi connectivity index (χ1n) is 31.0. The van der Waals surface area contributed by atoms with Crippen LogP contribution < -0.4 is 4.89 Å². The van der Waals surface area contributed by atoms with Crippen LogP contribution in [-0.4, -0.2) is 70.0 Å². The lowest BCUT2D eigenvalue weighted by molar-refractivity contribution is -0.870. The Morgan fingerprint density at radius 3 is 1.11 bits per heavy atom. The molecule has 0 radical (unpaired) electrons. The van der Waals surface area contributed by atoms with Crippen LogP contribution in [0.2, 0.25) is 0 Å². The lowest BCUT2D eigenvalue weighted by Gasteiger charge is -2.28. The summed E-state index contributed by atoms with van der Waals surface area (Å²) in [4.78, 5) is 37.8. The Hall–Kier alpha value is -1.51. The van der Waals surface area contributed by atoms with Crippen molar-refractivity contribution in [2.24, 2.45) is 0 Å². The van der Waals surface area contributed by atoms with E-state index in [0.717, 1.165) is 57.8 Å². The molecule has 10 heteroatoms. The third-order valence-corrected chi connectivity index (χ3v) is 14.9. The van der Waals surface area contributed by atoms with Gasteiger partial charge in [-0.05, 0) is 44.9 Å². The maximum Gasteiger partial charge on any atom is 0.306 e. The predicted molar refractivity (Wildman–Crippen MR) is 305 cm³/mol. The lowest BCUT2D eigenvalue weighted by atomic mass is 10.0. The van der Waals surface area contributed by atoms with Gasteiger partial charge in [0.1, 0.15) is 19.8 Å². The molecule has 0 aliphatic rings. The first-order valence-corrected chi connectivity index (χ1v) is 32.5. The Labute approximate surface area is 447 Å². The Morgan fingerprint density at radius 2 is 0.750 bits per heavy atom. The molecule has 0 N–H and O–H groups in total. The Kier molecular flexibility index (Phi) is 53.1. The summed E-state index contributed by atoms with van der Waals surface area (Å²) in [5, 5.41) is 0. The molecular formula is C62H120NO8P. The number of carbonyl (C=O) groups excluding carboxylic acids is 2. The van der Waals surface area contributed by atoms with Crippen LogP contribution in [0.4, 0.5) is 0 Å². The van der Waals surface area contributed by atoms with Gasteiger partial charge in [0.2, 0.25) is 0 Å². The standard InChI is InChI=1S/C62H120NO8P/c1-6-8-10-12-14-16-18-20-22-24-25-26-27-28-29-30-31-32-33-34-35-36-37-38-39-41-42-44-46-48-50-52-54-61(64)68-58-60(59-70-72(66,67)69-57-56-63(3,4)5)71-62(65)55-53-51-49-47-45-43-40-23-21-19-17-15-13-11-9-7-2/h17,19,23,40,60H,6-16,18,20-22,24-39,41-59H2,1-5H3/b19-17-,40-23-. The fraction of sp³-hybridized carbons (Fsp3) is 0.903. The highest BCUT2D eigenvalue weighted by molar-refractivity contribution is 7.45. The Morgan fingerprint density at radius 1 is 0.431 bits per heavy atom. The summed E-state index contributed by atoms with van der Waals surface area (Å²) in [6.07, 6.45) is 65.4. The van der Waals surface area contributed by atoms with Crippen LogP contribution in [0.25, 0.3) is 0 Å². The molecule has 0 aliphatic heterocycles. The molecule has 0 heterocycles. The van der Waals surface area contributed by atoms with Gasteiger partial charge in [-0.1, -0.05) is 276 Å². The van der Waals surface area contributed by atoms with E-state index in [9.17, 15) is 19.0 Å². The van der Waals surface area contributed by atoms with Gasteiger partial charge in [-0.25, -0.2) is 0 Å². The van der Waals surface area contributed by atoms with Crippen molar-refractivity contribution < 1.29 is 42.1 Å². The second-order valence-electron chi connectivity index (χ2n) is 22.4. The normalized spacial score (nSPS) is 13.4. The van der Waals surface area contributed by atoms with E-state index in [1.807, 2.05) is 21.1 Å². The van der Waals surface area contributed by atoms with Gasteiger partial charge in [0.05, 0.1) is 27.7 Å². The van der Waals surface area contributed by atoms with Crippen molar-refractivity contribution in [3.8, 4) is 0 Å². The van der Waals surface area contributed by atoms with Crippen LogP contribution in [0.15, 0.2) is 24.3 Å². The van der Waals surface area contributed by atoms with E-state index >= 15 is 0 Å². The summed E-state index contributed by atoms with van der Waals surface area (Å²) in [5.41, 5.74) is 0. The minimum absolute atomic E-state index is 0.0314. The van der Waals surface area contributed by atoms with Crippen molar-refractivity contribution in [3.05, 3.63) is 24.3 Å². The molecule has 0 aromatic carbocycles. The zero-order chi connectivity index (χ0) is 52.7. The summed E-state index contributed by atoms with van der Waals surface area (Å²) in [5.74, 6) is -0.834. The number of nitrogens with zero attached hydrogens (tertiary/aromatic N) is 1. The first-order chi connectivity index (χ1) is 35.0. The lowest BCUT2D eigenvalue weighted by Crippen LogP contribution is -2.37. The molecular weight excluding hydrogens is 918 g/mol. The fourth-order valence-corrected chi connectivity index (χ4v) is 9.89. The summed E-state index contributed by atoms with van der Waals surface area (Å²) in [6, 6.07) is 0. The van der Waals surface area contributed by atoms with E-state index in [-0.39, 0.29) is 32.0 Å². The van der Waals surface area contributed by atoms with Crippen LogP contribution in [0, 0.1) is 0 Å². The zero-order valence-corrected chi connectivity index (χ0v) is 49.3. The smallest absolute Gasteiger partial charge is 0.306 e. The van der Waals surface area contributed by atoms with Gasteiger partial charge in [0.25, 0.3) is 7.82 Å². The molecule has 0 rings (SSSR count). The van der Waals surface area contributed by atoms with Crippen molar-refractivity contribution in [2.75, 3.05) is 47.5 Å². The van der Waals surface area contributed by atoms with Gasteiger partial charge >= 0.3 is 11.9 Å². The van der Waals surface area contributed by atoms with Gasteiger partial charge in [-0.15, -0.1) is 0 Å². The number of phosphoric acid groups is 1. The van der Waals surface area contributed by atoms with E-state index in [0.29, 0.717) is 17.4 Å². The molecule has 72 heavy (non-hydrogen) atoms. The second kappa shape index (κ2) is 54.3. The third kappa shape index (κ3) is 57.8. The summed E-state index contributed by atoms with van der Waals surface area (Å²) >= 11 is 0. The molecule has 0 amide bonds. The number of rotatable bonds is 58. The topological polar surface area (TPSA) is 111 Å². The number of esters is 2. The molecule has 0 spiro atoms. The van der Waals surface area contributed by atoms with E-state index < -0.39 is 26.5 Å². The largest absolute Gasteiger partial charge is 0.756 e. The molecule has 0 aliphatic carbocycles. The summed E-state index contributed by atoms with van der Waals surface area (Å²) < 4.78 is 34.1. The van der Waals surface area contributed by atoms with Gasteiger partial charge in [-0.2, -0.15) is 0 Å². The van der Waals surface area contributed by atoms with Crippen molar-refractivity contribution in [1.29, 1.82) is 0 Å². The zero-order valence-electron chi connectivity index (χ0n) is 48.4. The van der Waals surface area contributed by atoms with Crippen molar-refractivity contribution in [1.82, 2.24) is 0 Å². The molecule has 0 aromatic heterocycles. The van der Waals surface area contributed by atoms with Gasteiger partial charge < -0.3 is 27.9 Å². The van der Waals surface area contributed by atoms with Crippen LogP contribution in [0.5, 0.6) is 0 Å². The Bertz CT molecular complexity index is 1270. The number of phosphoric ester groups is 1. The highest BCUT2D eigenvalue weighted by Crippen LogP contribution is 2.38. The number of likely N-dealkylation sites (N-methyl/N-ethyl adjacent to an activating group) is 1. The van der Waals surface area contributed by atoms with Crippen LogP contribution in [0.1, 0.15) is 309 Å². The number of carbonyl (C=O) groups is 2. The quantitative estimate of drug-likeness (QED) is 0.0195. The number of allylic oxidation sites excluding steroid dienone is 4. The molecule has 2 atom stereocenters. The molecule has 426 valence electrons.